The third-order valence-corrected chi connectivity index (χ3v) is 6.82. The fraction of sp³-hybridized carbons (Fsp3) is 0.250. The third-order valence-electron chi connectivity index (χ3n) is 6.82. The number of esters is 1. The molecule has 0 radical (unpaired) electrons. The van der Waals surface area contributed by atoms with Crippen LogP contribution in [0.1, 0.15) is 27.5 Å². The summed E-state index contributed by atoms with van der Waals surface area (Å²) < 4.78 is 4.75. The van der Waals surface area contributed by atoms with Crippen LogP contribution in [0.3, 0.4) is 0 Å². The summed E-state index contributed by atoms with van der Waals surface area (Å²) >= 11 is 0. The number of aromatic amines is 1. The number of aliphatic hydroxyl groups is 1. The highest BCUT2D eigenvalue weighted by Crippen LogP contribution is 2.30. The first-order valence-electron chi connectivity index (χ1n) is 11.8. The Balaban J connectivity index is 1.30. The van der Waals surface area contributed by atoms with Crippen LogP contribution < -0.4 is 0 Å². The molecule has 1 amide bonds. The molecular weight excluding hydrogens is 458 g/mol. The molecule has 8 nitrogen and oxygen atoms in total. The minimum atomic E-state index is -0.449. The Morgan fingerprint density at radius 2 is 1.89 bits per heavy atom. The number of ketones is 1. The maximum atomic E-state index is 13.5. The zero-order valence-corrected chi connectivity index (χ0v) is 19.9. The molecule has 1 unspecified atom stereocenters. The largest absolute Gasteiger partial charge is 0.504 e. The maximum Gasteiger partial charge on any atom is 0.337 e. The molecule has 8 heteroatoms. The van der Waals surface area contributed by atoms with Crippen molar-refractivity contribution in [1.29, 1.82) is 0 Å². The number of carbonyl (C=O) groups excluding carboxylic acids is 3. The van der Waals surface area contributed by atoms with Gasteiger partial charge in [-0.25, -0.2) is 4.79 Å². The first-order valence-corrected chi connectivity index (χ1v) is 11.8. The molecule has 2 aliphatic heterocycles. The molecule has 5 rings (SSSR count). The van der Waals surface area contributed by atoms with Crippen LogP contribution in [0.4, 0.5) is 0 Å². The fourth-order valence-electron chi connectivity index (χ4n) is 4.87. The molecule has 0 spiro atoms. The highest BCUT2D eigenvalue weighted by molar-refractivity contribution is 6.06. The van der Waals surface area contributed by atoms with Crippen molar-refractivity contribution in [2.45, 2.75) is 12.5 Å². The van der Waals surface area contributed by atoms with E-state index in [0.717, 1.165) is 22.0 Å². The fourth-order valence-corrected chi connectivity index (χ4v) is 4.87. The van der Waals surface area contributed by atoms with Crippen molar-refractivity contribution in [1.82, 2.24) is 14.8 Å². The van der Waals surface area contributed by atoms with E-state index in [4.69, 9.17) is 4.74 Å². The number of hydrogen-bond donors (Lipinski definition) is 2. The van der Waals surface area contributed by atoms with E-state index in [9.17, 15) is 19.5 Å². The van der Waals surface area contributed by atoms with E-state index in [2.05, 4.69) is 11.1 Å². The second kappa shape index (κ2) is 9.83. The van der Waals surface area contributed by atoms with E-state index in [1.807, 2.05) is 41.4 Å². The minimum absolute atomic E-state index is 0.0711. The van der Waals surface area contributed by atoms with Gasteiger partial charge in [-0.1, -0.05) is 42.5 Å². The van der Waals surface area contributed by atoms with Crippen molar-refractivity contribution < 1.29 is 24.2 Å². The van der Waals surface area contributed by atoms with Crippen molar-refractivity contribution in [3.05, 3.63) is 94.9 Å². The Labute approximate surface area is 208 Å². The van der Waals surface area contributed by atoms with Crippen molar-refractivity contribution in [2.75, 3.05) is 33.3 Å². The standard InChI is InChI=1S/C28H27N3O5/c1-36-28(35)19-10-8-18(9-11-19)24-7-4-13-31(24)27(34)22-16-30(17-25(32)26(22)33)14-12-20-15-29-23-6-3-2-5-21(20)23/h2-11,15,24,29,33H,12-14,16-17H2,1H3. The van der Waals surface area contributed by atoms with Gasteiger partial charge in [0.2, 0.25) is 5.78 Å². The summed E-state index contributed by atoms with van der Waals surface area (Å²) in [5.74, 6) is -1.70. The number of rotatable bonds is 6. The van der Waals surface area contributed by atoms with Crippen LogP contribution in [0.15, 0.2) is 78.2 Å². The molecular formula is C28H27N3O5. The molecule has 0 aliphatic carbocycles. The molecule has 184 valence electrons. The monoisotopic (exact) mass is 485 g/mol. The molecule has 2 aromatic carbocycles. The van der Waals surface area contributed by atoms with Crippen LogP contribution in [0.25, 0.3) is 10.9 Å². The van der Waals surface area contributed by atoms with Gasteiger partial charge in [-0.15, -0.1) is 0 Å². The van der Waals surface area contributed by atoms with Crippen molar-refractivity contribution >= 4 is 28.6 Å². The van der Waals surface area contributed by atoms with Gasteiger partial charge in [0.15, 0.2) is 5.76 Å². The van der Waals surface area contributed by atoms with E-state index in [1.54, 1.807) is 29.2 Å². The molecule has 3 aromatic rings. The highest BCUT2D eigenvalue weighted by Gasteiger charge is 2.35. The number of methoxy groups -OCH3 is 1. The summed E-state index contributed by atoms with van der Waals surface area (Å²) in [6.45, 7) is 1.21. The number of aromatic nitrogens is 1. The highest BCUT2D eigenvalue weighted by atomic mass is 16.5. The van der Waals surface area contributed by atoms with Crippen molar-refractivity contribution in [3.8, 4) is 0 Å². The Morgan fingerprint density at radius 1 is 1.11 bits per heavy atom. The number of H-pyrrole nitrogens is 1. The third kappa shape index (κ3) is 4.43. The number of carbonyl (C=O) groups is 3. The molecule has 36 heavy (non-hydrogen) atoms. The van der Waals surface area contributed by atoms with Gasteiger partial charge in [-0.05, 0) is 35.7 Å². The quantitative estimate of drug-likeness (QED) is 0.410. The predicted molar refractivity (Wildman–Crippen MR) is 134 cm³/mol. The first kappa shape index (κ1) is 23.6. The number of hydrogen-bond acceptors (Lipinski definition) is 6. The molecule has 0 saturated carbocycles. The van der Waals surface area contributed by atoms with E-state index in [1.165, 1.54) is 7.11 Å². The van der Waals surface area contributed by atoms with Crippen LogP contribution in [-0.4, -0.2) is 70.8 Å². The topological polar surface area (TPSA) is 103 Å². The van der Waals surface area contributed by atoms with Crippen LogP contribution in [0, 0.1) is 0 Å². The van der Waals surface area contributed by atoms with Gasteiger partial charge in [0.05, 0.1) is 30.8 Å². The number of fused-ring (bicyclic) bond motifs is 1. The van der Waals surface area contributed by atoms with Crippen LogP contribution >= 0.6 is 0 Å². The Kier molecular flexibility index (Phi) is 6.43. The number of aliphatic hydroxyl groups excluding tert-OH is 1. The SMILES string of the molecule is COC(=O)c1ccc(C2C=CCN2C(=O)C2=C(O)C(=O)CN(CCc3c[nH]c4ccccc34)C2)cc1. The van der Waals surface area contributed by atoms with E-state index in [-0.39, 0.29) is 30.6 Å². The summed E-state index contributed by atoms with van der Waals surface area (Å²) in [6, 6.07) is 14.6. The number of nitrogens with zero attached hydrogens (tertiary/aromatic N) is 2. The van der Waals surface area contributed by atoms with E-state index < -0.39 is 17.5 Å². The molecule has 0 saturated heterocycles. The van der Waals surface area contributed by atoms with Gasteiger partial charge in [0.1, 0.15) is 0 Å². The number of Topliss-reactive ketones (excluding diaryl/α,β-unsaturated/α-hetero) is 1. The second-order valence-corrected chi connectivity index (χ2v) is 9.01. The predicted octanol–water partition coefficient (Wildman–Crippen LogP) is 3.33. The average Bonchev–Trinajstić information content (AvgIpc) is 3.56. The summed E-state index contributed by atoms with van der Waals surface area (Å²) in [7, 11) is 1.33. The lowest BCUT2D eigenvalue weighted by Gasteiger charge is -2.31. The molecule has 0 bridgehead atoms. The van der Waals surface area contributed by atoms with E-state index in [0.29, 0.717) is 25.1 Å². The van der Waals surface area contributed by atoms with E-state index >= 15 is 0 Å². The summed E-state index contributed by atoms with van der Waals surface area (Å²) in [5.41, 5.74) is 3.56. The van der Waals surface area contributed by atoms with Gasteiger partial charge in [0, 0.05) is 36.7 Å². The lowest BCUT2D eigenvalue weighted by atomic mass is 10.0. The van der Waals surface area contributed by atoms with Crippen molar-refractivity contribution in [2.24, 2.45) is 0 Å². The summed E-state index contributed by atoms with van der Waals surface area (Å²) in [5, 5.41) is 11.7. The van der Waals surface area contributed by atoms with Gasteiger partial charge in [0.25, 0.3) is 5.91 Å². The lowest BCUT2D eigenvalue weighted by Crippen LogP contribution is -2.44. The van der Waals surface area contributed by atoms with Gasteiger partial charge in [-0.3, -0.25) is 14.5 Å². The molecule has 3 heterocycles. The zero-order valence-electron chi connectivity index (χ0n) is 19.9. The molecule has 1 aromatic heterocycles. The zero-order chi connectivity index (χ0) is 25.2. The minimum Gasteiger partial charge on any atom is -0.504 e. The number of nitrogens with one attached hydrogen (secondary N) is 1. The lowest BCUT2D eigenvalue weighted by molar-refractivity contribution is -0.130. The van der Waals surface area contributed by atoms with Gasteiger partial charge >= 0.3 is 5.97 Å². The Hall–Kier alpha value is -4.17. The van der Waals surface area contributed by atoms with Crippen LogP contribution in [0.2, 0.25) is 0 Å². The average molecular weight is 486 g/mol. The second-order valence-electron chi connectivity index (χ2n) is 9.01. The number of ether oxygens (including phenoxy) is 1. The summed E-state index contributed by atoms with van der Waals surface area (Å²) in [4.78, 5) is 44.7. The van der Waals surface area contributed by atoms with Crippen molar-refractivity contribution in [3.63, 3.8) is 0 Å². The molecule has 2 aliphatic rings. The van der Waals surface area contributed by atoms with Crippen LogP contribution in [0.5, 0.6) is 0 Å². The number of amides is 1. The smallest absolute Gasteiger partial charge is 0.337 e. The number of para-hydroxylation sites is 1. The molecule has 0 fully saturated rings. The number of benzene rings is 2. The molecule has 2 N–H and O–H groups in total. The van der Waals surface area contributed by atoms with Crippen LogP contribution in [-0.2, 0) is 20.7 Å². The maximum absolute atomic E-state index is 13.5. The Morgan fingerprint density at radius 3 is 2.67 bits per heavy atom. The Bertz CT molecular complexity index is 1390. The first-order chi connectivity index (χ1) is 17.5. The normalized spacial score (nSPS) is 18.3. The van der Waals surface area contributed by atoms with Gasteiger partial charge in [-0.2, -0.15) is 0 Å². The summed E-state index contributed by atoms with van der Waals surface area (Å²) in [6.07, 6.45) is 6.47. The van der Waals surface area contributed by atoms with Gasteiger partial charge < -0.3 is 19.7 Å². The molecule has 1 atom stereocenters.